The largest absolute Gasteiger partial charge is 0.493 e. The Kier molecular flexibility index (Phi) is 5.86. The average Bonchev–Trinajstić information content (AvgIpc) is 3.17. The minimum absolute atomic E-state index is 0.276. The second kappa shape index (κ2) is 8.87. The minimum atomic E-state index is -0.276. The molecule has 0 aliphatic rings. The Labute approximate surface area is 172 Å². The summed E-state index contributed by atoms with van der Waals surface area (Å²) in [6, 6.07) is 18.0. The Morgan fingerprint density at radius 1 is 0.966 bits per heavy atom. The molecule has 0 N–H and O–H groups in total. The van der Waals surface area contributed by atoms with Crippen LogP contribution in [-0.4, -0.2) is 32.1 Å². The molecule has 0 atom stereocenters. The van der Waals surface area contributed by atoms with Gasteiger partial charge in [-0.25, -0.2) is 4.39 Å². The number of pyridine rings is 1. The summed E-state index contributed by atoms with van der Waals surface area (Å²) in [5.74, 6) is 1.81. The minimum Gasteiger partial charge on any atom is -0.493 e. The molecule has 0 radical (unpaired) electrons. The molecule has 0 spiro atoms. The number of hydrogen-bond donors (Lipinski definition) is 0. The lowest BCUT2D eigenvalue weighted by Gasteiger charge is -2.13. The maximum Gasteiger partial charge on any atom is 0.196 e. The Bertz CT molecular complexity index is 1080. The van der Waals surface area contributed by atoms with Gasteiger partial charge in [-0.3, -0.25) is 9.55 Å². The topological polar surface area (TPSA) is 52.8 Å². The summed E-state index contributed by atoms with van der Waals surface area (Å²) in [6.07, 6.45) is 3.49. The summed E-state index contributed by atoms with van der Waals surface area (Å²) in [7, 11) is 0. The van der Waals surface area contributed by atoms with E-state index in [-0.39, 0.29) is 5.82 Å². The molecular formula is C22H19FN4OS. The van der Waals surface area contributed by atoms with Crippen molar-refractivity contribution in [3.8, 4) is 22.8 Å². The third kappa shape index (κ3) is 4.46. The van der Waals surface area contributed by atoms with Gasteiger partial charge in [0.1, 0.15) is 11.6 Å². The van der Waals surface area contributed by atoms with Crippen molar-refractivity contribution in [2.24, 2.45) is 0 Å². The van der Waals surface area contributed by atoms with Gasteiger partial charge in [0.2, 0.25) is 0 Å². The SMILES string of the molecule is Cc1ccccc1-n1c(SCCOc2ccc(F)cc2)nnc1-c1ccncc1. The summed E-state index contributed by atoms with van der Waals surface area (Å²) in [4.78, 5) is 4.09. The van der Waals surface area contributed by atoms with Gasteiger partial charge in [0.25, 0.3) is 0 Å². The summed E-state index contributed by atoms with van der Waals surface area (Å²) in [6.45, 7) is 2.54. The smallest absolute Gasteiger partial charge is 0.196 e. The lowest BCUT2D eigenvalue weighted by molar-refractivity contribution is 0.343. The van der Waals surface area contributed by atoms with Crippen LogP contribution in [0.15, 0.2) is 78.2 Å². The van der Waals surface area contributed by atoms with Gasteiger partial charge in [0, 0.05) is 23.7 Å². The Morgan fingerprint density at radius 2 is 1.72 bits per heavy atom. The first-order chi connectivity index (χ1) is 14.2. The number of halogens is 1. The molecule has 29 heavy (non-hydrogen) atoms. The van der Waals surface area contributed by atoms with E-state index in [9.17, 15) is 4.39 Å². The quantitative estimate of drug-likeness (QED) is 0.321. The number of ether oxygens (including phenoxy) is 1. The molecule has 4 rings (SSSR count). The molecule has 0 saturated carbocycles. The van der Waals surface area contributed by atoms with Crippen molar-refractivity contribution >= 4 is 11.8 Å². The van der Waals surface area contributed by atoms with Crippen molar-refractivity contribution < 1.29 is 9.13 Å². The molecule has 0 saturated heterocycles. The van der Waals surface area contributed by atoms with E-state index in [0.717, 1.165) is 27.8 Å². The van der Waals surface area contributed by atoms with Crippen molar-refractivity contribution in [2.45, 2.75) is 12.1 Å². The zero-order valence-corrected chi connectivity index (χ0v) is 16.6. The molecule has 2 aromatic heterocycles. The van der Waals surface area contributed by atoms with E-state index in [0.29, 0.717) is 18.1 Å². The first-order valence-corrected chi connectivity index (χ1v) is 10.1. The van der Waals surface area contributed by atoms with Crippen LogP contribution in [0.2, 0.25) is 0 Å². The van der Waals surface area contributed by atoms with E-state index in [2.05, 4.69) is 38.8 Å². The number of benzene rings is 2. The average molecular weight is 406 g/mol. The molecule has 4 aromatic rings. The van der Waals surface area contributed by atoms with Crippen LogP contribution in [-0.2, 0) is 0 Å². The molecule has 146 valence electrons. The van der Waals surface area contributed by atoms with Gasteiger partial charge in [0.15, 0.2) is 11.0 Å². The van der Waals surface area contributed by atoms with Gasteiger partial charge in [-0.1, -0.05) is 30.0 Å². The summed E-state index contributed by atoms with van der Waals surface area (Å²) in [5, 5.41) is 9.63. The molecule has 7 heteroatoms. The maximum atomic E-state index is 13.0. The van der Waals surface area contributed by atoms with Gasteiger partial charge in [0.05, 0.1) is 12.3 Å². The van der Waals surface area contributed by atoms with Crippen molar-refractivity contribution in [2.75, 3.05) is 12.4 Å². The molecule has 5 nitrogen and oxygen atoms in total. The Balaban J connectivity index is 1.56. The van der Waals surface area contributed by atoms with Crippen LogP contribution in [0.1, 0.15) is 5.56 Å². The van der Waals surface area contributed by atoms with Crippen LogP contribution >= 0.6 is 11.8 Å². The Hall–Kier alpha value is -3.19. The van der Waals surface area contributed by atoms with E-state index in [4.69, 9.17) is 4.74 Å². The van der Waals surface area contributed by atoms with E-state index >= 15 is 0 Å². The van der Waals surface area contributed by atoms with Crippen LogP contribution in [0.3, 0.4) is 0 Å². The lowest BCUT2D eigenvalue weighted by Crippen LogP contribution is -2.04. The number of aryl methyl sites for hydroxylation is 1. The number of para-hydroxylation sites is 1. The normalized spacial score (nSPS) is 10.8. The highest BCUT2D eigenvalue weighted by Gasteiger charge is 2.17. The van der Waals surface area contributed by atoms with Crippen LogP contribution < -0.4 is 4.74 Å². The Morgan fingerprint density at radius 3 is 2.48 bits per heavy atom. The van der Waals surface area contributed by atoms with Gasteiger partial charge < -0.3 is 4.74 Å². The zero-order valence-electron chi connectivity index (χ0n) is 15.8. The third-order valence-electron chi connectivity index (χ3n) is 4.33. The number of nitrogens with zero attached hydrogens (tertiary/aromatic N) is 4. The molecule has 0 amide bonds. The predicted octanol–water partition coefficient (Wildman–Crippen LogP) is 4.95. The molecule has 0 unspecified atom stereocenters. The summed E-state index contributed by atoms with van der Waals surface area (Å²) in [5.41, 5.74) is 3.11. The standard InChI is InChI=1S/C22H19FN4OS/c1-16-4-2-3-5-20(16)27-21(17-10-12-24-13-11-17)25-26-22(27)29-15-14-28-19-8-6-18(23)7-9-19/h2-13H,14-15H2,1H3. The first-order valence-electron chi connectivity index (χ1n) is 9.15. The van der Waals surface area contributed by atoms with Gasteiger partial charge >= 0.3 is 0 Å². The fourth-order valence-corrected chi connectivity index (χ4v) is 3.67. The molecule has 2 aromatic carbocycles. The van der Waals surface area contributed by atoms with Gasteiger partial charge in [-0.05, 0) is 55.0 Å². The van der Waals surface area contributed by atoms with E-state index in [1.807, 2.05) is 24.3 Å². The van der Waals surface area contributed by atoms with E-state index in [1.54, 1.807) is 36.3 Å². The van der Waals surface area contributed by atoms with E-state index in [1.165, 1.54) is 12.1 Å². The summed E-state index contributed by atoms with van der Waals surface area (Å²) >= 11 is 1.56. The van der Waals surface area contributed by atoms with Crippen molar-refractivity contribution in [1.29, 1.82) is 0 Å². The van der Waals surface area contributed by atoms with Crippen molar-refractivity contribution in [1.82, 2.24) is 19.7 Å². The number of thioether (sulfide) groups is 1. The number of rotatable bonds is 7. The molecule has 0 aliphatic carbocycles. The highest BCUT2D eigenvalue weighted by molar-refractivity contribution is 7.99. The maximum absolute atomic E-state index is 13.0. The van der Waals surface area contributed by atoms with Crippen LogP contribution in [0.4, 0.5) is 4.39 Å². The van der Waals surface area contributed by atoms with E-state index < -0.39 is 0 Å². The monoisotopic (exact) mass is 406 g/mol. The molecule has 0 fully saturated rings. The van der Waals surface area contributed by atoms with Gasteiger partial charge in [-0.15, -0.1) is 10.2 Å². The van der Waals surface area contributed by atoms with Crippen molar-refractivity contribution in [3.63, 3.8) is 0 Å². The molecule has 0 bridgehead atoms. The molecular weight excluding hydrogens is 387 g/mol. The van der Waals surface area contributed by atoms with Crippen LogP contribution in [0.25, 0.3) is 17.1 Å². The van der Waals surface area contributed by atoms with Gasteiger partial charge in [-0.2, -0.15) is 0 Å². The molecule has 2 heterocycles. The summed E-state index contributed by atoms with van der Waals surface area (Å²) < 4.78 is 20.7. The second-order valence-corrected chi connectivity index (χ2v) is 7.38. The second-order valence-electron chi connectivity index (χ2n) is 6.31. The lowest BCUT2D eigenvalue weighted by atomic mass is 10.2. The fourth-order valence-electron chi connectivity index (χ4n) is 2.91. The highest BCUT2D eigenvalue weighted by Crippen LogP contribution is 2.29. The first kappa shape index (κ1) is 19.1. The highest BCUT2D eigenvalue weighted by atomic mass is 32.2. The van der Waals surface area contributed by atoms with Crippen molar-refractivity contribution in [3.05, 3.63) is 84.4 Å². The third-order valence-corrected chi connectivity index (χ3v) is 5.22. The zero-order chi connectivity index (χ0) is 20.1. The number of aromatic nitrogens is 4. The predicted molar refractivity (Wildman–Crippen MR) is 112 cm³/mol. The van der Waals surface area contributed by atoms with Crippen LogP contribution in [0.5, 0.6) is 5.75 Å². The molecule has 0 aliphatic heterocycles. The number of hydrogen-bond acceptors (Lipinski definition) is 5. The fraction of sp³-hybridized carbons (Fsp3) is 0.136. The van der Waals surface area contributed by atoms with Crippen LogP contribution in [0, 0.1) is 12.7 Å².